The molecular weight excluding hydrogens is 520 g/mol. The second kappa shape index (κ2) is 13.1. The zero-order chi connectivity index (χ0) is 28.8. The van der Waals surface area contributed by atoms with Gasteiger partial charge in [0.05, 0.1) is 31.9 Å². The van der Waals surface area contributed by atoms with Gasteiger partial charge in [0.2, 0.25) is 5.91 Å². The number of likely N-dealkylation sites (tertiary alicyclic amines) is 1. The summed E-state index contributed by atoms with van der Waals surface area (Å²) in [7, 11) is 1.63. The van der Waals surface area contributed by atoms with Crippen LogP contribution in [0, 0.1) is 5.92 Å². The number of carbonyl (C=O) groups is 2. The molecule has 9 heteroatoms. The molecule has 0 unspecified atom stereocenters. The summed E-state index contributed by atoms with van der Waals surface area (Å²) >= 11 is 0. The zero-order valence-electron chi connectivity index (χ0n) is 23.9. The van der Waals surface area contributed by atoms with Gasteiger partial charge in [0, 0.05) is 50.7 Å². The average molecular weight is 559 g/mol. The number of carbonyl (C=O) groups excluding carboxylic acids is 2. The molecule has 0 aliphatic carbocycles. The molecule has 0 saturated carbocycles. The summed E-state index contributed by atoms with van der Waals surface area (Å²) in [5, 5.41) is 3.15. The number of amides is 2. The second-order valence-electron chi connectivity index (χ2n) is 11.2. The molecular formula is C32H38N4O5. The number of benzene rings is 2. The summed E-state index contributed by atoms with van der Waals surface area (Å²) < 4.78 is 18.6. The lowest BCUT2D eigenvalue weighted by molar-refractivity contribution is -0.125. The van der Waals surface area contributed by atoms with E-state index >= 15 is 0 Å². The van der Waals surface area contributed by atoms with Crippen molar-refractivity contribution in [1.29, 1.82) is 0 Å². The molecule has 2 amide bonds. The summed E-state index contributed by atoms with van der Waals surface area (Å²) in [6, 6.07) is 16.7. The molecule has 9 nitrogen and oxygen atoms in total. The molecule has 0 spiro atoms. The summed E-state index contributed by atoms with van der Waals surface area (Å²) in [4.78, 5) is 34.4. The van der Waals surface area contributed by atoms with E-state index in [2.05, 4.69) is 29.0 Å². The smallest absolute Gasteiger partial charge is 0.254 e. The molecule has 3 heterocycles. The molecule has 2 aliphatic rings. The Morgan fingerprint density at radius 3 is 2.71 bits per heavy atom. The first kappa shape index (κ1) is 28.6. The van der Waals surface area contributed by atoms with Gasteiger partial charge in [0.1, 0.15) is 17.2 Å². The van der Waals surface area contributed by atoms with Crippen LogP contribution in [0.2, 0.25) is 0 Å². The lowest BCUT2D eigenvalue weighted by Gasteiger charge is -2.39. The summed E-state index contributed by atoms with van der Waals surface area (Å²) in [5.41, 5.74) is 2.53. The third kappa shape index (κ3) is 7.83. The van der Waals surface area contributed by atoms with E-state index in [0.717, 1.165) is 25.1 Å². The van der Waals surface area contributed by atoms with Crippen LogP contribution in [0.4, 0.5) is 0 Å². The van der Waals surface area contributed by atoms with E-state index in [-0.39, 0.29) is 30.5 Å². The third-order valence-electron chi connectivity index (χ3n) is 7.18. The number of fused-ring (bicyclic) bond motifs is 5. The van der Waals surface area contributed by atoms with Crippen LogP contribution in [0.25, 0.3) is 0 Å². The molecule has 1 saturated heterocycles. The van der Waals surface area contributed by atoms with E-state index in [1.807, 2.05) is 36.4 Å². The molecule has 216 valence electrons. The highest BCUT2D eigenvalue weighted by Gasteiger charge is 2.32. The van der Waals surface area contributed by atoms with Crippen molar-refractivity contribution in [2.75, 3.05) is 33.3 Å². The highest BCUT2D eigenvalue weighted by Crippen LogP contribution is 2.29. The minimum Gasteiger partial charge on any atom is -0.493 e. The summed E-state index contributed by atoms with van der Waals surface area (Å²) in [6.45, 7) is 7.19. The Morgan fingerprint density at radius 2 is 1.90 bits per heavy atom. The van der Waals surface area contributed by atoms with E-state index in [9.17, 15) is 9.59 Å². The van der Waals surface area contributed by atoms with Crippen LogP contribution < -0.4 is 14.8 Å². The maximum Gasteiger partial charge on any atom is 0.254 e. The minimum absolute atomic E-state index is 0.0743. The number of ether oxygens (including phenoxy) is 3. The van der Waals surface area contributed by atoms with E-state index in [4.69, 9.17) is 14.2 Å². The number of hydrogen-bond donors (Lipinski definition) is 1. The number of nitrogens with zero attached hydrogens (tertiary/aromatic N) is 3. The number of nitrogens with one attached hydrogen (secondary N) is 1. The Kier molecular flexibility index (Phi) is 9.16. The molecule has 2 aliphatic heterocycles. The van der Waals surface area contributed by atoms with Gasteiger partial charge in [-0.3, -0.25) is 19.5 Å². The van der Waals surface area contributed by atoms with Crippen LogP contribution in [-0.4, -0.2) is 72.0 Å². The van der Waals surface area contributed by atoms with Crippen LogP contribution in [0.1, 0.15) is 41.8 Å². The van der Waals surface area contributed by atoms with Gasteiger partial charge in [-0.2, -0.15) is 0 Å². The SMILES string of the molecule is CC(C)COc1cc2cc(c1)C(=O)N(C)CC(=O)N[C@H]1CCN(Cc3ccncc3)C[C@@H]1OCc1cccc(c1)O2. The van der Waals surface area contributed by atoms with E-state index < -0.39 is 0 Å². The first-order valence-corrected chi connectivity index (χ1v) is 14.1. The van der Waals surface area contributed by atoms with Gasteiger partial charge in [-0.15, -0.1) is 0 Å². The predicted molar refractivity (Wildman–Crippen MR) is 155 cm³/mol. The number of piperidine rings is 1. The third-order valence-corrected chi connectivity index (χ3v) is 7.18. The fourth-order valence-corrected chi connectivity index (χ4v) is 5.10. The van der Waals surface area contributed by atoms with Crippen LogP contribution in [0.15, 0.2) is 67.0 Å². The van der Waals surface area contributed by atoms with E-state index in [0.29, 0.717) is 48.5 Å². The van der Waals surface area contributed by atoms with Gasteiger partial charge < -0.3 is 24.4 Å². The molecule has 41 heavy (non-hydrogen) atoms. The lowest BCUT2D eigenvalue weighted by Crippen LogP contribution is -2.56. The maximum absolute atomic E-state index is 13.4. The molecule has 3 aromatic rings. The molecule has 1 N–H and O–H groups in total. The number of likely N-dealkylation sites (N-methyl/N-ethyl adjacent to an activating group) is 1. The second-order valence-corrected chi connectivity index (χ2v) is 11.2. The molecule has 5 rings (SSSR count). The van der Waals surface area contributed by atoms with Crippen molar-refractivity contribution in [3.63, 3.8) is 0 Å². The molecule has 2 aromatic carbocycles. The number of aromatic nitrogens is 1. The Bertz CT molecular complexity index is 1350. The Balaban J connectivity index is 1.40. The van der Waals surface area contributed by atoms with Crippen molar-refractivity contribution in [2.45, 2.75) is 45.6 Å². The van der Waals surface area contributed by atoms with Gasteiger partial charge >= 0.3 is 0 Å². The highest BCUT2D eigenvalue weighted by molar-refractivity contribution is 5.97. The largest absolute Gasteiger partial charge is 0.493 e. The number of hydrogen-bond acceptors (Lipinski definition) is 7. The van der Waals surface area contributed by atoms with Crippen molar-refractivity contribution in [3.8, 4) is 17.2 Å². The van der Waals surface area contributed by atoms with Crippen molar-refractivity contribution in [2.24, 2.45) is 5.92 Å². The Hall–Kier alpha value is -3.95. The predicted octanol–water partition coefficient (Wildman–Crippen LogP) is 4.27. The summed E-state index contributed by atoms with van der Waals surface area (Å²) in [5.74, 6) is 1.47. The Morgan fingerprint density at radius 1 is 1.07 bits per heavy atom. The van der Waals surface area contributed by atoms with E-state index in [1.54, 1.807) is 37.6 Å². The minimum atomic E-state index is -0.291. The maximum atomic E-state index is 13.4. The first-order chi connectivity index (χ1) is 19.8. The van der Waals surface area contributed by atoms with E-state index in [1.165, 1.54) is 10.5 Å². The van der Waals surface area contributed by atoms with Crippen LogP contribution >= 0.6 is 0 Å². The van der Waals surface area contributed by atoms with Gasteiger partial charge in [0.15, 0.2) is 0 Å². The molecule has 4 bridgehead atoms. The molecule has 2 atom stereocenters. The lowest BCUT2D eigenvalue weighted by atomic mass is 10.0. The van der Waals surface area contributed by atoms with Crippen LogP contribution in [-0.2, 0) is 22.7 Å². The first-order valence-electron chi connectivity index (χ1n) is 14.1. The number of pyridine rings is 1. The fourth-order valence-electron chi connectivity index (χ4n) is 5.10. The molecule has 1 fully saturated rings. The van der Waals surface area contributed by atoms with Crippen molar-refractivity contribution in [3.05, 3.63) is 83.7 Å². The van der Waals surface area contributed by atoms with Gasteiger partial charge in [-0.25, -0.2) is 0 Å². The van der Waals surface area contributed by atoms with Crippen molar-refractivity contribution in [1.82, 2.24) is 20.1 Å². The van der Waals surface area contributed by atoms with Gasteiger partial charge in [-0.05, 0) is 59.9 Å². The average Bonchev–Trinajstić information content (AvgIpc) is 2.96. The monoisotopic (exact) mass is 558 g/mol. The fraction of sp³-hybridized carbons (Fsp3) is 0.406. The van der Waals surface area contributed by atoms with Crippen LogP contribution in [0.5, 0.6) is 17.2 Å². The highest BCUT2D eigenvalue weighted by atomic mass is 16.5. The van der Waals surface area contributed by atoms with Crippen LogP contribution in [0.3, 0.4) is 0 Å². The molecule has 1 aromatic heterocycles. The standard InChI is InChI=1S/C32H38N4O5/c1-22(2)20-39-27-14-25-15-28(16-27)41-26-6-4-5-24(13-26)21-40-30-18-36(17-23-7-10-33-11-8-23)12-9-29(30)34-31(37)19-35(3)32(25)38/h4-8,10-11,13-16,22,29-30H,9,12,17-21H2,1-3H3,(H,34,37)/t29-,30-/m0/s1. The normalized spacial score (nSPS) is 20.2. The molecule has 0 radical (unpaired) electrons. The quantitative estimate of drug-likeness (QED) is 0.500. The van der Waals surface area contributed by atoms with Gasteiger partial charge in [-0.1, -0.05) is 26.0 Å². The number of rotatable bonds is 5. The topological polar surface area (TPSA) is 93.2 Å². The zero-order valence-corrected chi connectivity index (χ0v) is 23.9. The van der Waals surface area contributed by atoms with Gasteiger partial charge in [0.25, 0.3) is 5.91 Å². The van der Waals surface area contributed by atoms with Crippen molar-refractivity contribution < 1.29 is 23.8 Å². The summed E-state index contributed by atoms with van der Waals surface area (Å²) in [6.07, 6.45) is 4.11. The Labute approximate surface area is 241 Å². The van der Waals surface area contributed by atoms with Crippen molar-refractivity contribution >= 4 is 11.8 Å².